The van der Waals surface area contributed by atoms with Gasteiger partial charge in [0.05, 0.1) is 16.8 Å². The number of halogens is 4. The van der Waals surface area contributed by atoms with Crippen LogP contribution in [-0.2, 0) is 17.5 Å². The number of nitrogens with one attached hydrogen (secondary N) is 1. The number of furan rings is 1. The number of rotatable bonds is 7. The molecule has 27 heavy (non-hydrogen) atoms. The molecule has 1 amide bonds. The molecule has 2 heterocycles. The molecule has 0 spiro atoms. The van der Waals surface area contributed by atoms with Crippen molar-refractivity contribution in [2.75, 3.05) is 6.54 Å². The van der Waals surface area contributed by atoms with E-state index in [1.54, 1.807) is 0 Å². The molecule has 0 saturated heterocycles. The van der Waals surface area contributed by atoms with Crippen molar-refractivity contribution in [3.05, 3.63) is 50.5 Å². The fourth-order valence-corrected chi connectivity index (χ4v) is 2.35. The summed E-state index contributed by atoms with van der Waals surface area (Å²) in [5.41, 5.74) is -0.948. The Morgan fingerprint density at radius 1 is 1.48 bits per heavy atom. The Hall–Kier alpha value is -2.82. The van der Waals surface area contributed by atoms with Gasteiger partial charge in [-0.2, -0.15) is 18.3 Å². The zero-order valence-corrected chi connectivity index (χ0v) is 14.7. The van der Waals surface area contributed by atoms with Gasteiger partial charge in [0.2, 0.25) is 5.91 Å². The summed E-state index contributed by atoms with van der Waals surface area (Å²) in [6.07, 6.45) is -1.93. The standard InChI is InChI=1S/C15H14ClF3N4O4/c1-9-13(16)14(15(17,18)19)21-22(9)8-2-7-20-11(24)5-3-10-4-6-12(27-10)23(25)26/h3-6H,2,7-8H2,1H3,(H,20,24)/b5-3+. The van der Waals surface area contributed by atoms with Crippen molar-refractivity contribution in [3.8, 4) is 0 Å². The van der Waals surface area contributed by atoms with Crippen molar-refractivity contribution in [3.63, 3.8) is 0 Å². The molecule has 0 radical (unpaired) electrons. The highest BCUT2D eigenvalue weighted by molar-refractivity contribution is 6.31. The molecule has 0 aliphatic heterocycles. The first-order valence-electron chi connectivity index (χ1n) is 7.60. The lowest BCUT2D eigenvalue weighted by Crippen LogP contribution is -2.23. The van der Waals surface area contributed by atoms with Gasteiger partial charge in [-0.3, -0.25) is 19.6 Å². The topological polar surface area (TPSA) is 103 Å². The molecule has 0 atom stereocenters. The summed E-state index contributed by atoms with van der Waals surface area (Å²) in [7, 11) is 0. The monoisotopic (exact) mass is 406 g/mol. The van der Waals surface area contributed by atoms with Crippen LogP contribution in [0.15, 0.2) is 22.6 Å². The molecule has 1 N–H and O–H groups in total. The van der Waals surface area contributed by atoms with E-state index in [4.69, 9.17) is 16.0 Å². The van der Waals surface area contributed by atoms with Crippen molar-refractivity contribution >= 4 is 29.5 Å². The zero-order valence-electron chi connectivity index (χ0n) is 13.9. The second-order valence-corrected chi connectivity index (χ2v) is 5.76. The molecule has 2 aromatic rings. The predicted molar refractivity (Wildman–Crippen MR) is 89.0 cm³/mol. The Balaban J connectivity index is 1.82. The lowest BCUT2D eigenvalue weighted by Gasteiger charge is -2.05. The predicted octanol–water partition coefficient (Wildman–Crippen LogP) is 3.58. The van der Waals surface area contributed by atoms with Gasteiger partial charge in [0.1, 0.15) is 10.7 Å². The maximum atomic E-state index is 12.7. The van der Waals surface area contributed by atoms with E-state index in [9.17, 15) is 28.1 Å². The third-order valence-corrected chi connectivity index (χ3v) is 3.89. The lowest BCUT2D eigenvalue weighted by molar-refractivity contribution is -0.402. The van der Waals surface area contributed by atoms with Crippen LogP contribution in [0, 0.1) is 17.0 Å². The maximum Gasteiger partial charge on any atom is 0.436 e. The Morgan fingerprint density at radius 2 is 2.19 bits per heavy atom. The van der Waals surface area contributed by atoms with Crippen molar-refractivity contribution < 1.29 is 27.3 Å². The zero-order chi connectivity index (χ0) is 20.2. The summed E-state index contributed by atoms with van der Waals surface area (Å²) in [6.45, 7) is 1.74. The molecule has 0 saturated carbocycles. The van der Waals surface area contributed by atoms with Crippen LogP contribution in [0.2, 0.25) is 5.02 Å². The number of carbonyl (C=O) groups is 1. The molecule has 0 fully saturated rings. The quantitative estimate of drug-likeness (QED) is 0.327. The van der Waals surface area contributed by atoms with Crippen LogP contribution in [0.4, 0.5) is 19.1 Å². The summed E-state index contributed by atoms with van der Waals surface area (Å²) in [5.74, 6) is -0.792. The van der Waals surface area contributed by atoms with E-state index in [1.165, 1.54) is 19.1 Å². The van der Waals surface area contributed by atoms with E-state index >= 15 is 0 Å². The Labute approximate surface area is 155 Å². The molecule has 12 heteroatoms. The first-order valence-corrected chi connectivity index (χ1v) is 7.97. The number of nitro groups is 1. The Bertz CT molecular complexity index is 873. The Morgan fingerprint density at radius 3 is 2.74 bits per heavy atom. The average molecular weight is 407 g/mol. The van der Waals surface area contributed by atoms with Crippen molar-refractivity contribution in [1.82, 2.24) is 15.1 Å². The maximum absolute atomic E-state index is 12.7. The molecule has 2 rings (SSSR count). The fourth-order valence-electron chi connectivity index (χ4n) is 2.11. The summed E-state index contributed by atoms with van der Waals surface area (Å²) in [5, 5.41) is 16.0. The van der Waals surface area contributed by atoms with E-state index in [1.807, 2.05) is 0 Å². The third-order valence-electron chi connectivity index (χ3n) is 3.44. The van der Waals surface area contributed by atoms with Gasteiger partial charge in [0, 0.05) is 19.2 Å². The second-order valence-electron chi connectivity index (χ2n) is 5.38. The number of alkyl halides is 3. The van der Waals surface area contributed by atoms with Gasteiger partial charge in [0.25, 0.3) is 0 Å². The first-order chi connectivity index (χ1) is 12.6. The van der Waals surface area contributed by atoms with Gasteiger partial charge in [-0.25, -0.2) is 0 Å². The van der Waals surface area contributed by atoms with Crippen LogP contribution < -0.4 is 5.32 Å². The van der Waals surface area contributed by atoms with Crippen LogP contribution in [0.3, 0.4) is 0 Å². The molecule has 0 unspecified atom stereocenters. The van der Waals surface area contributed by atoms with Crippen molar-refractivity contribution in [2.45, 2.75) is 26.1 Å². The van der Waals surface area contributed by atoms with E-state index in [-0.39, 0.29) is 24.5 Å². The number of hydrogen-bond donors (Lipinski definition) is 1. The van der Waals surface area contributed by atoms with E-state index in [0.717, 1.165) is 16.8 Å². The van der Waals surface area contributed by atoms with Crippen molar-refractivity contribution in [2.24, 2.45) is 0 Å². The molecule has 0 aromatic carbocycles. The molecule has 0 aliphatic rings. The molecule has 146 valence electrons. The van der Waals surface area contributed by atoms with Crippen LogP contribution in [0.25, 0.3) is 6.08 Å². The van der Waals surface area contributed by atoms with Gasteiger partial charge in [-0.1, -0.05) is 11.6 Å². The lowest BCUT2D eigenvalue weighted by atomic mass is 10.3. The minimum absolute atomic E-state index is 0.135. The minimum Gasteiger partial charge on any atom is -0.401 e. The second kappa shape index (κ2) is 8.25. The number of aryl methyl sites for hydroxylation is 1. The highest BCUT2D eigenvalue weighted by atomic mass is 35.5. The van der Waals surface area contributed by atoms with Crippen LogP contribution in [0.1, 0.15) is 23.6 Å². The Kier molecular flexibility index (Phi) is 6.26. The third kappa shape index (κ3) is 5.33. The normalized spacial score (nSPS) is 11.9. The number of hydrogen-bond acceptors (Lipinski definition) is 5. The minimum atomic E-state index is -4.63. The van der Waals surface area contributed by atoms with Crippen LogP contribution >= 0.6 is 11.6 Å². The number of carbonyl (C=O) groups excluding carboxylic acids is 1. The largest absolute Gasteiger partial charge is 0.436 e. The highest BCUT2D eigenvalue weighted by Gasteiger charge is 2.38. The molecule has 2 aromatic heterocycles. The molecule has 8 nitrogen and oxygen atoms in total. The summed E-state index contributed by atoms with van der Waals surface area (Å²) in [4.78, 5) is 21.4. The molecule has 0 aliphatic carbocycles. The highest BCUT2D eigenvalue weighted by Crippen LogP contribution is 2.35. The van der Waals surface area contributed by atoms with Gasteiger partial charge >= 0.3 is 12.1 Å². The molecular formula is C15H14ClF3N4O4. The number of aromatic nitrogens is 2. The van der Waals surface area contributed by atoms with E-state index in [2.05, 4.69) is 10.4 Å². The van der Waals surface area contributed by atoms with Crippen molar-refractivity contribution in [1.29, 1.82) is 0 Å². The smallest absolute Gasteiger partial charge is 0.401 e. The van der Waals surface area contributed by atoms with E-state index in [0.29, 0.717) is 6.42 Å². The van der Waals surface area contributed by atoms with Crippen LogP contribution in [-0.4, -0.2) is 27.2 Å². The number of nitrogens with zero attached hydrogens (tertiary/aromatic N) is 3. The molecular weight excluding hydrogens is 393 g/mol. The SMILES string of the molecule is Cc1c(Cl)c(C(F)(F)F)nn1CCCNC(=O)/C=C/c1ccc([N+](=O)[O-])o1. The summed E-state index contributed by atoms with van der Waals surface area (Å²) in [6, 6.07) is 2.49. The summed E-state index contributed by atoms with van der Waals surface area (Å²) >= 11 is 5.65. The fraction of sp³-hybridized carbons (Fsp3) is 0.333. The van der Waals surface area contributed by atoms with E-state index < -0.39 is 33.6 Å². The summed E-state index contributed by atoms with van der Waals surface area (Å²) < 4.78 is 44.2. The number of amides is 1. The average Bonchev–Trinajstić information content (AvgIpc) is 3.16. The van der Waals surface area contributed by atoms with Gasteiger partial charge in [-0.05, 0) is 25.5 Å². The van der Waals surface area contributed by atoms with Gasteiger partial charge in [0.15, 0.2) is 5.69 Å². The first kappa shape index (κ1) is 20.5. The van der Waals surface area contributed by atoms with Gasteiger partial charge < -0.3 is 9.73 Å². The van der Waals surface area contributed by atoms with Gasteiger partial charge in [-0.15, -0.1) is 0 Å². The van der Waals surface area contributed by atoms with Crippen LogP contribution in [0.5, 0.6) is 0 Å². The molecule has 0 bridgehead atoms.